The Hall–Kier alpha value is -0.0400. The maximum atomic E-state index is 3.77. The molecule has 3 atom stereocenters. The second-order valence-electron chi connectivity index (χ2n) is 5.90. The van der Waals surface area contributed by atoms with Crippen LogP contribution >= 0.6 is 0 Å². The molecule has 0 heterocycles. The van der Waals surface area contributed by atoms with E-state index in [1.807, 2.05) is 0 Å². The first-order chi connectivity index (χ1) is 8.31. The van der Waals surface area contributed by atoms with E-state index in [4.69, 9.17) is 0 Å². The SMILES string of the molecule is CCCCC(CC)CC1CCCC1NCCC. The van der Waals surface area contributed by atoms with Gasteiger partial charge in [0.05, 0.1) is 0 Å². The normalized spacial score (nSPS) is 26.3. The zero-order chi connectivity index (χ0) is 12.5. The molecule has 17 heavy (non-hydrogen) atoms. The van der Waals surface area contributed by atoms with Gasteiger partial charge in [-0.15, -0.1) is 0 Å². The van der Waals surface area contributed by atoms with Crippen molar-refractivity contribution < 1.29 is 0 Å². The molecular formula is C16H33N. The maximum Gasteiger partial charge on any atom is 0.00954 e. The van der Waals surface area contributed by atoms with Crippen LogP contribution in [0.1, 0.15) is 78.6 Å². The molecule has 1 aliphatic carbocycles. The van der Waals surface area contributed by atoms with Gasteiger partial charge in [-0.2, -0.15) is 0 Å². The monoisotopic (exact) mass is 239 g/mol. The van der Waals surface area contributed by atoms with E-state index in [-0.39, 0.29) is 0 Å². The molecule has 1 aliphatic rings. The Morgan fingerprint density at radius 3 is 2.59 bits per heavy atom. The Labute approximate surface area is 109 Å². The van der Waals surface area contributed by atoms with Crippen LogP contribution < -0.4 is 5.32 Å². The summed E-state index contributed by atoms with van der Waals surface area (Å²) in [5.74, 6) is 1.97. The molecule has 3 unspecified atom stereocenters. The Morgan fingerprint density at radius 2 is 1.94 bits per heavy atom. The van der Waals surface area contributed by atoms with Crippen LogP contribution in [0.3, 0.4) is 0 Å². The molecule has 1 fully saturated rings. The van der Waals surface area contributed by atoms with Gasteiger partial charge in [-0.25, -0.2) is 0 Å². The molecule has 0 aromatic rings. The quantitative estimate of drug-likeness (QED) is 0.611. The number of hydrogen-bond acceptors (Lipinski definition) is 1. The van der Waals surface area contributed by atoms with Crippen LogP contribution in [0.4, 0.5) is 0 Å². The van der Waals surface area contributed by atoms with E-state index in [1.165, 1.54) is 64.3 Å². The Balaban J connectivity index is 2.31. The second-order valence-corrected chi connectivity index (χ2v) is 5.90. The molecule has 0 radical (unpaired) electrons. The van der Waals surface area contributed by atoms with E-state index in [1.54, 1.807) is 0 Å². The number of unbranched alkanes of at least 4 members (excludes halogenated alkanes) is 1. The van der Waals surface area contributed by atoms with Gasteiger partial charge in [0.25, 0.3) is 0 Å². The molecule has 0 spiro atoms. The van der Waals surface area contributed by atoms with Gasteiger partial charge in [-0.05, 0) is 44.1 Å². The van der Waals surface area contributed by atoms with Gasteiger partial charge in [-0.1, -0.05) is 52.9 Å². The molecule has 102 valence electrons. The fraction of sp³-hybridized carbons (Fsp3) is 1.00. The lowest BCUT2D eigenvalue weighted by Gasteiger charge is -2.25. The van der Waals surface area contributed by atoms with Gasteiger partial charge in [-0.3, -0.25) is 0 Å². The van der Waals surface area contributed by atoms with Crippen LogP contribution in [0.25, 0.3) is 0 Å². The Kier molecular flexibility index (Phi) is 7.92. The second kappa shape index (κ2) is 8.97. The van der Waals surface area contributed by atoms with E-state index in [9.17, 15) is 0 Å². The summed E-state index contributed by atoms with van der Waals surface area (Å²) in [7, 11) is 0. The van der Waals surface area contributed by atoms with E-state index < -0.39 is 0 Å². The first-order valence-corrected chi connectivity index (χ1v) is 8.05. The lowest BCUT2D eigenvalue weighted by molar-refractivity contribution is 0.296. The Bertz CT molecular complexity index is 178. The Morgan fingerprint density at radius 1 is 1.12 bits per heavy atom. The predicted molar refractivity (Wildman–Crippen MR) is 77.3 cm³/mol. The van der Waals surface area contributed by atoms with Gasteiger partial charge in [0, 0.05) is 6.04 Å². The summed E-state index contributed by atoms with van der Waals surface area (Å²) in [6, 6.07) is 0.839. The average Bonchev–Trinajstić information content (AvgIpc) is 2.79. The predicted octanol–water partition coefficient (Wildman–Crippen LogP) is 4.76. The molecule has 0 aromatic carbocycles. The average molecular weight is 239 g/mol. The maximum absolute atomic E-state index is 3.77. The van der Waals surface area contributed by atoms with Crippen LogP contribution in [-0.4, -0.2) is 12.6 Å². The largest absolute Gasteiger partial charge is 0.314 e. The van der Waals surface area contributed by atoms with Crippen LogP contribution in [0.15, 0.2) is 0 Å². The van der Waals surface area contributed by atoms with Gasteiger partial charge in [0.15, 0.2) is 0 Å². The minimum absolute atomic E-state index is 0.839. The zero-order valence-corrected chi connectivity index (χ0v) is 12.3. The van der Waals surface area contributed by atoms with E-state index in [0.29, 0.717) is 0 Å². The van der Waals surface area contributed by atoms with Crippen molar-refractivity contribution in [2.45, 2.75) is 84.6 Å². The molecule has 0 aromatic heterocycles. The van der Waals surface area contributed by atoms with Crippen LogP contribution in [-0.2, 0) is 0 Å². The summed E-state index contributed by atoms with van der Waals surface area (Å²) < 4.78 is 0. The van der Waals surface area contributed by atoms with Crippen molar-refractivity contribution in [2.24, 2.45) is 11.8 Å². The van der Waals surface area contributed by atoms with Crippen LogP contribution in [0, 0.1) is 11.8 Å². The summed E-state index contributed by atoms with van der Waals surface area (Å²) >= 11 is 0. The molecule has 0 bridgehead atoms. The van der Waals surface area contributed by atoms with Gasteiger partial charge in [0.1, 0.15) is 0 Å². The van der Waals surface area contributed by atoms with Crippen molar-refractivity contribution in [3.8, 4) is 0 Å². The minimum atomic E-state index is 0.839. The van der Waals surface area contributed by atoms with Crippen molar-refractivity contribution in [1.82, 2.24) is 5.32 Å². The number of hydrogen-bond donors (Lipinski definition) is 1. The van der Waals surface area contributed by atoms with E-state index in [0.717, 1.165) is 17.9 Å². The van der Waals surface area contributed by atoms with Crippen molar-refractivity contribution in [2.75, 3.05) is 6.54 Å². The molecule has 1 rings (SSSR count). The summed E-state index contributed by atoms with van der Waals surface area (Å²) in [5, 5.41) is 3.77. The van der Waals surface area contributed by atoms with E-state index >= 15 is 0 Å². The van der Waals surface area contributed by atoms with Crippen LogP contribution in [0.2, 0.25) is 0 Å². The van der Waals surface area contributed by atoms with E-state index in [2.05, 4.69) is 26.1 Å². The first-order valence-electron chi connectivity index (χ1n) is 8.05. The van der Waals surface area contributed by atoms with Crippen molar-refractivity contribution in [3.63, 3.8) is 0 Å². The molecule has 1 saturated carbocycles. The summed E-state index contributed by atoms with van der Waals surface area (Å²) in [6.07, 6.45) is 12.8. The topological polar surface area (TPSA) is 12.0 Å². The molecular weight excluding hydrogens is 206 g/mol. The highest BCUT2D eigenvalue weighted by Gasteiger charge is 2.28. The third-order valence-corrected chi connectivity index (χ3v) is 4.49. The molecule has 0 amide bonds. The number of rotatable bonds is 9. The molecule has 1 heteroatoms. The summed E-state index contributed by atoms with van der Waals surface area (Å²) in [6.45, 7) is 8.18. The lowest BCUT2D eigenvalue weighted by Crippen LogP contribution is -2.33. The smallest absolute Gasteiger partial charge is 0.00954 e. The number of nitrogens with one attached hydrogen (secondary N) is 1. The van der Waals surface area contributed by atoms with Gasteiger partial charge >= 0.3 is 0 Å². The summed E-state index contributed by atoms with van der Waals surface area (Å²) in [4.78, 5) is 0. The first kappa shape index (κ1) is 15.0. The highest BCUT2D eigenvalue weighted by molar-refractivity contribution is 4.84. The van der Waals surface area contributed by atoms with Crippen molar-refractivity contribution in [1.29, 1.82) is 0 Å². The lowest BCUT2D eigenvalue weighted by atomic mass is 9.86. The van der Waals surface area contributed by atoms with Crippen molar-refractivity contribution >= 4 is 0 Å². The fourth-order valence-corrected chi connectivity index (χ4v) is 3.33. The molecule has 0 saturated heterocycles. The third-order valence-electron chi connectivity index (χ3n) is 4.49. The van der Waals surface area contributed by atoms with Gasteiger partial charge in [0.2, 0.25) is 0 Å². The van der Waals surface area contributed by atoms with Crippen molar-refractivity contribution in [3.05, 3.63) is 0 Å². The zero-order valence-electron chi connectivity index (χ0n) is 12.3. The molecule has 1 N–H and O–H groups in total. The van der Waals surface area contributed by atoms with Crippen LogP contribution in [0.5, 0.6) is 0 Å². The standard InChI is InChI=1S/C16H33N/c1-4-7-9-14(6-3)13-15-10-8-11-16(15)17-12-5-2/h14-17H,4-13H2,1-3H3. The minimum Gasteiger partial charge on any atom is -0.314 e. The fourth-order valence-electron chi connectivity index (χ4n) is 3.33. The highest BCUT2D eigenvalue weighted by Crippen LogP contribution is 2.33. The highest BCUT2D eigenvalue weighted by atomic mass is 14.9. The third kappa shape index (κ3) is 5.42. The van der Waals surface area contributed by atoms with Gasteiger partial charge < -0.3 is 5.32 Å². The molecule has 1 nitrogen and oxygen atoms in total. The summed E-state index contributed by atoms with van der Waals surface area (Å²) in [5.41, 5.74) is 0. The molecule has 0 aliphatic heterocycles.